The molecule has 0 bridgehead atoms. The van der Waals surface area contributed by atoms with Crippen LogP contribution in [0, 0.1) is 0 Å². The lowest BCUT2D eigenvalue weighted by Crippen LogP contribution is -2.39. The molecule has 3 aromatic rings. The Bertz CT molecular complexity index is 1140. The molecule has 1 unspecified atom stereocenters. The van der Waals surface area contributed by atoms with Crippen LogP contribution in [0.4, 0.5) is 11.5 Å². The third-order valence-electron chi connectivity index (χ3n) is 7.90. The van der Waals surface area contributed by atoms with E-state index in [0.29, 0.717) is 11.8 Å². The summed E-state index contributed by atoms with van der Waals surface area (Å²) in [5.74, 6) is 3.33. The van der Waals surface area contributed by atoms with Crippen molar-refractivity contribution in [3.8, 4) is 0 Å². The quantitative estimate of drug-likeness (QED) is 0.546. The largest absolute Gasteiger partial charge is 0.371 e. The van der Waals surface area contributed by atoms with E-state index >= 15 is 0 Å². The summed E-state index contributed by atoms with van der Waals surface area (Å²) >= 11 is 0. The minimum Gasteiger partial charge on any atom is -0.371 e. The molecule has 3 heterocycles. The van der Waals surface area contributed by atoms with Gasteiger partial charge in [-0.25, -0.2) is 9.97 Å². The average molecular weight is 442 g/mol. The first-order valence-electron chi connectivity index (χ1n) is 12.9. The van der Waals surface area contributed by atoms with Crippen LogP contribution >= 0.6 is 0 Å². The van der Waals surface area contributed by atoms with Crippen LogP contribution in [-0.2, 0) is 0 Å². The summed E-state index contributed by atoms with van der Waals surface area (Å²) in [6.07, 6.45) is 7.04. The molecule has 2 aliphatic heterocycles. The van der Waals surface area contributed by atoms with E-state index in [1.54, 1.807) is 5.56 Å². The standard InChI is InChI=1S/C28H35N5/c1-2-24(29)21-10-11-25-23(18-21)28(31-27(30-25)20-8-9-20)33-16-12-19(13-17-33)22-6-3-4-7-26(22)32-14-5-15-32/h3-4,6-7,10-11,18-20,24H,2,5,8-9,12-17,29H2,1H3. The molecule has 2 N–H and O–H groups in total. The summed E-state index contributed by atoms with van der Waals surface area (Å²) in [6.45, 7) is 6.63. The number of hydrogen-bond acceptors (Lipinski definition) is 5. The summed E-state index contributed by atoms with van der Waals surface area (Å²) in [5.41, 5.74) is 11.6. The number of anilines is 2. The molecule has 1 atom stereocenters. The van der Waals surface area contributed by atoms with E-state index in [4.69, 9.17) is 15.7 Å². The van der Waals surface area contributed by atoms with Crippen molar-refractivity contribution in [3.63, 3.8) is 0 Å². The van der Waals surface area contributed by atoms with Gasteiger partial charge in [0, 0.05) is 49.2 Å². The molecule has 6 rings (SSSR count). The molecule has 0 amide bonds. The van der Waals surface area contributed by atoms with Gasteiger partial charge in [0.1, 0.15) is 11.6 Å². The van der Waals surface area contributed by atoms with Crippen molar-refractivity contribution < 1.29 is 0 Å². The Morgan fingerprint density at radius 1 is 0.909 bits per heavy atom. The zero-order valence-electron chi connectivity index (χ0n) is 19.7. The van der Waals surface area contributed by atoms with Gasteiger partial charge in [-0.15, -0.1) is 0 Å². The van der Waals surface area contributed by atoms with Crippen LogP contribution < -0.4 is 15.5 Å². The molecule has 1 aromatic heterocycles. The molecule has 0 radical (unpaired) electrons. The average Bonchev–Trinajstić information content (AvgIpc) is 3.68. The smallest absolute Gasteiger partial charge is 0.140 e. The second-order valence-electron chi connectivity index (χ2n) is 10.1. The normalized spacial score (nSPS) is 20.2. The molecule has 5 nitrogen and oxygen atoms in total. The van der Waals surface area contributed by atoms with Gasteiger partial charge in [0.05, 0.1) is 5.52 Å². The Balaban J connectivity index is 1.29. The van der Waals surface area contributed by atoms with E-state index < -0.39 is 0 Å². The highest BCUT2D eigenvalue weighted by Gasteiger charge is 2.30. The lowest BCUT2D eigenvalue weighted by molar-refractivity contribution is 0.499. The van der Waals surface area contributed by atoms with E-state index in [1.807, 2.05) is 0 Å². The van der Waals surface area contributed by atoms with Gasteiger partial charge in [-0.1, -0.05) is 31.2 Å². The van der Waals surface area contributed by atoms with Crippen molar-refractivity contribution in [1.82, 2.24) is 9.97 Å². The van der Waals surface area contributed by atoms with Gasteiger partial charge in [-0.05, 0) is 73.8 Å². The fourth-order valence-corrected chi connectivity index (χ4v) is 5.46. The molecule has 172 valence electrons. The summed E-state index contributed by atoms with van der Waals surface area (Å²) < 4.78 is 0. The minimum atomic E-state index is 0.0640. The van der Waals surface area contributed by atoms with Crippen molar-refractivity contribution in [2.24, 2.45) is 5.73 Å². The summed E-state index contributed by atoms with van der Waals surface area (Å²) in [5, 5.41) is 1.17. The molecular weight excluding hydrogens is 406 g/mol. The van der Waals surface area contributed by atoms with Gasteiger partial charge in [-0.2, -0.15) is 0 Å². The maximum Gasteiger partial charge on any atom is 0.140 e. The second kappa shape index (κ2) is 8.60. The number of fused-ring (bicyclic) bond motifs is 1. The van der Waals surface area contributed by atoms with E-state index in [0.717, 1.165) is 36.7 Å². The number of hydrogen-bond donors (Lipinski definition) is 1. The molecule has 1 saturated carbocycles. The maximum atomic E-state index is 6.38. The molecule has 2 aromatic carbocycles. The first kappa shape index (κ1) is 20.9. The van der Waals surface area contributed by atoms with Crippen molar-refractivity contribution in [2.45, 2.75) is 63.3 Å². The van der Waals surface area contributed by atoms with Crippen LogP contribution in [0.15, 0.2) is 42.5 Å². The van der Waals surface area contributed by atoms with Crippen LogP contribution in [-0.4, -0.2) is 36.1 Å². The van der Waals surface area contributed by atoms with Crippen molar-refractivity contribution in [1.29, 1.82) is 0 Å². The fourth-order valence-electron chi connectivity index (χ4n) is 5.46. The SMILES string of the molecule is CCC(N)c1ccc2nc(C3CC3)nc(N3CCC(c4ccccc4N4CCC4)CC3)c2c1. The van der Waals surface area contributed by atoms with Gasteiger partial charge in [0.15, 0.2) is 0 Å². The number of para-hydroxylation sites is 1. The molecule has 5 heteroatoms. The van der Waals surface area contributed by atoms with E-state index in [2.05, 4.69) is 59.2 Å². The number of rotatable bonds is 6. The number of nitrogens with two attached hydrogens (primary N) is 1. The molecule has 3 fully saturated rings. The Hall–Kier alpha value is -2.66. The molecular formula is C28H35N5. The molecule has 0 spiro atoms. The van der Waals surface area contributed by atoms with E-state index in [-0.39, 0.29) is 6.04 Å². The first-order valence-corrected chi connectivity index (χ1v) is 12.9. The van der Waals surface area contributed by atoms with Crippen LogP contribution in [0.3, 0.4) is 0 Å². The van der Waals surface area contributed by atoms with Crippen LogP contribution in [0.5, 0.6) is 0 Å². The fraction of sp³-hybridized carbons (Fsp3) is 0.500. The van der Waals surface area contributed by atoms with E-state index in [9.17, 15) is 0 Å². The van der Waals surface area contributed by atoms with Crippen molar-refractivity contribution >= 4 is 22.4 Å². The monoisotopic (exact) mass is 441 g/mol. The summed E-state index contributed by atoms with van der Waals surface area (Å²) in [6, 6.07) is 15.7. The van der Waals surface area contributed by atoms with Crippen molar-refractivity contribution in [3.05, 3.63) is 59.4 Å². The van der Waals surface area contributed by atoms with Gasteiger partial charge in [0.25, 0.3) is 0 Å². The third-order valence-corrected chi connectivity index (χ3v) is 7.90. The summed E-state index contributed by atoms with van der Waals surface area (Å²) in [4.78, 5) is 15.1. The van der Waals surface area contributed by atoms with Crippen LogP contribution in [0.25, 0.3) is 10.9 Å². The second-order valence-corrected chi connectivity index (χ2v) is 10.1. The predicted molar refractivity (Wildman–Crippen MR) is 136 cm³/mol. The summed E-state index contributed by atoms with van der Waals surface area (Å²) in [7, 11) is 0. The zero-order chi connectivity index (χ0) is 22.4. The lowest BCUT2D eigenvalue weighted by Gasteiger charge is -2.38. The van der Waals surface area contributed by atoms with Gasteiger partial charge < -0.3 is 15.5 Å². The van der Waals surface area contributed by atoms with Crippen LogP contribution in [0.2, 0.25) is 0 Å². The Kier molecular flexibility index (Phi) is 5.45. The Morgan fingerprint density at radius 3 is 2.39 bits per heavy atom. The number of nitrogens with zero attached hydrogens (tertiary/aromatic N) is 4. The number of aromatic nitrogens is 2. The van der Waals surface area contributed by atoms with Crippen LogP contribution in [0.1, 0.15) is 80.3 Å². The molecule has 1 aliphatic carbocycles. The predicted octanol–water partition coefficient (Wildman–Crippen LogP) is 5.51. The highest BCUT2D eigenvalue weighted by Crippen LogP contribution is 2.42. The van der Waals surface area contributed by atoms with E-state index in [1.165, 1.54) is 61.8 Å². The number of benzene rings is 2. The third kappa shape index (κ3) is 3.97. The van der Waals surface area contributed by atoms with Gasteiger partial charge in [0.2, 0.25) is 0 Å². The highest BCUT2D eigenvalue weighted by molar-refractivity contribution is 5.90. The number of piperidine rings is 1. The topological polar surface area (TPSA) is 58.3 Å². The maximum absolute atomic E-state index is 6.38. The Labute approximate surface area is 197 Å². The lowest BCUT2D eigenvalue weighted by atomic mass is 9.87. The molecule has 3 aliphatic rings. The minimum absolute atomic E-state index is 0.0640. The van der Waals surface area contributed by atoms with Crippen molar-refractivity contribution in [2.75, 3.05) is 36.0 Å². The van der Waals surface area contributed by atoms with Gasteiger partial charge >= 0.3 is 0 Å². The molecule has 33 heavy (non-hydrogen) atoms. The van der Waals surface area contributed by atoms with Gasteiger partial charge in [-0.3, -0.25) is 0 Å². The Morgan fingerprint density at radius 2 is 1.70 bits per heavy atom. The highest BCUT2D eigenvalue weighted by atomic mass is 15.2. The molecule has 2 saturated heterocycles. The zero-order valence-corrected chi connectivity index (χ0v) is 19.7. The first-order chi connectivity index (χ1) is 16.2.